The normalized spacial score (nSPS) is 29.8. The van der Waals surface area contributed by atoms with Crippen LogP contribution in [-0.4, -0.2) is 40.9 Å². The third-order valence-corrected chi connectivity index (χ3v) is 7.65. The van der Waals surface area contributed by atoms with Gasteiger partial charge >= 0.3 is 7.60 Å². The van der Waals surface area contributed by atoms with Crippen molar-refractivity contribution in [1.82, 2.24) is 0 Å². The summed E-state index contributed by atoms with van der Waals surface area (Å²) in [7, 11) is 1.59. The van der Waals surface area contributed by atoms with Gasteiger partial charge in [0.05, 0.1) is 11.7 Å². The van der Waals surface area contributed by atoms with Crippen molar-refractivity contribution >= 4 is 15.4 Å². The fraction of sp³-hybridized carbons (Fsp3) is 1.00. The Hall–Kier alpha value is 0.135. The van der Waals surface area contributed by atoms with Gasteiger partial charge < -0.3 is 14.7 Å². The number of rotatable bonds is 8. The summed E-state index contributed by atoms with van der Waals surface area (Å²) < 4.78 is 24.0. The molecular formula is C15H30BO5P. The van der Waals surface area contributed by atoms with Gasteiger partial charge in [-0.15, -0.1) is 0 Å². The monoisotopic (exact) mass is 332 g/mol. The molecule has 0 aromatic rings. The van der Waals surface area contributed by atoms with E-state index in [1.54, 1.807) is 20.8 Å². The van der Waals surface area contributed by atoms with Gasteiger partial charge in [-0.25, -0.2) is 0 Å². The summed E-state index contributed by atoms with van der Waals surface area (Å²) in [5.74, 6) is -0.107. The lowest BCUT2D eigenvalue weighted by atomic mass is 9.83. The van der Waals surface area contributed by atoms with Crippen molar-refractivity contribution in [1.29, 1.82) is 0 Å². The Morgan fingerprint density at radius 2 is 1.86 bits per heavy atom. The molecule has 0 saturated carbocycles. The molecule has 0 amide bonds. The van der Waals surface area contributed by atoms with Gasteiger partial charge in [-0.3, -0.25) is 9.09 Å². The van der Waals surface area contributed by atoms with Crippen molar-refractivity contribution in [2.24, 2.45) is 5.92 Å². The highest BCUT2D eigenvalue weighted by molar-refractivity contribution is 7.54. The maximum absolute atomic E-state index is 12.7. The fourth-order valence-corrected chi connectivity index (χ4v) is 4.77. The molecule has 7 heteroatoms. The second kappa shape index (κ2) is 7.35. The van der Waals surface area contributed by atoms with Crippen molar-refractivity contribution in [3.05, 3.63) is 0 Å². The lowest BCUT2D eigenvalue weighted by Gasteiger charge is -2.42. The van der Waals surface area contributed by atoms with E-state index in [9.17, 15) is 14.6 Å². The largest absolute Gasteiger partial charge is 0.384 e. The van der Waals surface area contributed by atoms with E-state index in [4.69, 9.17) is 17.1 Å². The summed E-state index contributed by atoms with van der Waals surface area (Å²) in [5.41, 5.74) is -0.864. The van der Waals surface area contributed by atoms with Gasteiger partial charge in [-0.05, 0) is 39.0 Å². The molecule has 1 rings (SSSR count). The number of hydrogen-bond acceptors (Lipinski definition) is 4. The molecule has 1 fully saturated rings. The van der Waals surface area contributed by atoms with Crippen LogP contribution in [0, 0.1) is 5.92 Å². The maximum atomic E-state index is 12.7. The average Bonchev–Trinajstić information content (AvgIpc) is 2.91. The second-order valence-corrected chi connectivity index (χ2v) is 8.60. The average molecular weight is 332 g/mol. The van der Waals surface area contributed by atoms with E-state index in [2.05, 4.69) is 0 Å². The van der Waals surface area contributed by atoms with Crippen LogP contribution < -0.4 is 0 Å². The van der Waals surface area contributed by atoms with Gasteiger partial charge in [0, 0.05) is 11.9 Å². The van der Waals surface area contributed by atoms with Crippen LogP contribution in [-0.2, 0) is 13.8 Å². The summed E-state index contributed by atoms with van der Waals surface area (Å²) in [6.07, 6.45) is 2.35. The van der Waals surface area contributed by atoms with Crippen LogP contribution in [0.3, 0.4) is 0 Å². The van der Waals surface area contributed by atoms with Gasteiger partial charge in [0.25, 0.3) is 0 Å². The third-order valence-electron chi connectivity index (χ3n) is 5.30. The Kier molecular flexibility index (Phi) is 6.75. The SMILES string of the molecule is [B]C1CCC(C(C)C(C)(CC)OP(=O)(O)C(O)(CC)CC)O1. The molecule has 22 heavy (non-hydrogen) atoms. The molecule has 0 bridgehead atoms. The zero-order valence-electron chi connectivity index (χ0n) is 14.4. The highest BCUT2D eigenvalue weighted by Crippen LogP contribution is 2.61. The summed E-state index contributed by atoms with van der Waals surface area (Å²) in [4.78, 5) is 10.4. The number of hydrogen-bond donors (Lipinski definition) is 2. The molecule has 5 unspecified atom stereocenters. The smallest absolute Gasteiger partial charge is 0.359 e. The van der Waals surface area contributed by atoms with Gasteiger partial charge in [-0.2, -0.15) is 0 Å². The summed E-state index contributed by atoms with van der Waals surface area (Å²) in [5, 5.41) is 8.70. The minimum absolute atomic E-state index is 0.101. The van der Waals surface area contributed by atoms with Crippen molar-refractivity contribution in [3.8, 4) is 0 Å². The van der Waals surface area contributed by atoms with E-state index >= 15 is 0 Å². The molecule has 0 aliphatic carbocycles. The van der Waals surface area contributed by atoms with Crippen LogP contribution in [0.4, 0.5) is 0 Å². The molecule has 2 radical (unpaired) electrons. The topological polar surface area (TPSA) is 76.0 Å². The highest BCUT2D eigenvalue weighted by atomic mass is 31.2. The Morgan fingerprint density at radius 1 is 1.32 bits per heavy atom. The van der Waals surface area contributed by atoms with E-state index in [1.165, 1.54) is 0 Å². The minimum Gasteiger partial charge on any atom is -0.384 e. The summed E-state index contributed by atoms with van der Waals surface area (Å²) in [6, 6.07) is -0.280. The molecule has 5 nitrogen and oxygen atoms in total. The third kappa shape index (κ3) is 3.96. The Bertz CT molecular complexity index is 415. The highest BCUT2D eigenvalue weighted by Gasteiger charge is 2.51. The lowest BCUT2D eigenvalue weighted by molar-refractivity contribution is -0.0650. The van der Waals surface area contributed by atoms with Crippen LogP contribution in [0.1, 0.15) is 66.7 Å². The minimum atomic E-state index is -4.19. The molecule has 0 aromatic carbocycles. The molecule has 1 aliphatic rings. The molecule has 2 N–H and O–H groups in total. The van der Waals surface area contributed by atoms with Crippen LogP contribution in [0.25, 0.3) is 0 Å². The quantitative estimate of drug-likeness (QED) is 0.527. The molecular weight excluding hydrogens is 302 g/mol. The zero-order chi connectivity index (χ0) is 17.2. The Labute approximate surface area is 135 Å². The van der Waals surface area contributed by atoms with Crippen LogP contribution in [0.5, 0.6) is 0 Å². The predicted molar refractivity (Wildman–Crippen MR) is 88.0 cm³/mol. The molecule has 5 atom stereocenters. The number of aliphatic hydroxyl groups is 1. The molecule has 1 saturated heterocycles. The first-order chi connectivity index (χ1) is 10.0. The van der Waals surface area contributed by atoms with Crippen molar-refractivity contribution in [2.45, 2.75) is 89.8 Å². The Balaban J connectivity index is 2.96. The first-order valence-electron chi connectivity index (χ1n) is 8.22. The second-order valence-electron chi connectivity index (χ2n) is 6.55. The van der Waals surface area contributed by atoms with E-state index in [1.807, 2.05) is 13.8 Å². The molecule has 0 spiro atoms. The van der Waals surface area contributed by atoms with Crippen LogP contribution >= 0.6 is 7.60 Å². The molecule has 1 aliphatic heterocycles. The van der Waals surface area contributed by atoms with Crippen molar-refractivity contribution in [3.63, 3.8) is 0 Å². The fourth-order valence-electron chi connectivity index (χ4n) is 2.94. The molecule has 1 heterocycles. The number of ether oxygens (including phenoxy) is 1. The van der Waals surface area contributed by atoms with E-state index < -0.39 is 18.5 Å². The van der Waals surface area contributed by atoms with E-state index in [0.717, 1.165) is 12.8 Å². The zero-order valence-corrected chi connectivity index (χ0v) is 15.3. The molecule has 0 aromatic heterocycles. The van der Waals surface area contributed by atoms with Gasteiger partial charge in [0.15, 0.2) is 5.34 Å². The lowest BCUT2D eigenvalue weighted by Crippen LogP contribution is -2.43. The van der Waals surface area contributed by atoms with Crippen molar-refractivity contribution in [2.75, 3.05) is 0 Å². The van der Waals surface area contributed by atoms with Gasteiger partial charge in [0.1, 0.15) is 7.85 Å². The summed E-state index contributed by atoms with van der Waals surface area (Å²) in [6.45, 7) is 9.02. The van der Waals surface area contributed by atoms with E-state index in [0.29, 0.717) is 6.42 Å². The van der Waals surface area contributed by atoms with E-state index in [-0.39, 0.29) is 30.9 Å². The predicted octanol–water partition coefficient (Wildman–Crippen LogP) is 3.18. The van der Waals surface area contributed by atoms with Gasteiger partial charge in [0.2, 0.25) is 0 Å². The van der Waals surface area contributed by atoms with Crippen LogP contribution in [0.15, 0.2) is 0 Å². The maximum Gasteiger partial charge on any atom is 0.359 e. The van der Waals surface area contributed by atoms with Crippen LogP contribution in [0.2, 0.25) is 0 Å². The Morgan fingerprint density at radius 3 is 2.23 bits per heavy atom. The molecule has 128 valence electrons. The van der Waals surface area contributed by atoms with Crippen molar-refractivity contribution < 1.29 is 23.8 Å². The van der Waals surface area contributed by atoms with Gasteiger partial charge in [-0.1, -0.05) is 27.7 Å². The first-order valence-corrected chi connectivity index (χ1v) is 9.80. The standard InChI is InChI=1S/C15H30BO5P/c1-6-14(5,11(4)12-9-10-13(16)20-12)21-22(18,19)15(17,7-2)8-3/h11-13,17H,6-10H2,1-5H3,(H,18,19). The first kappa shape index (κ1) is 20.2. The summed E-state index contributed by atoms with van der Waals surface area (Å²) >= 11 is 0.